The number of rotatable bonds is 52. The van der Waals surface area contributed by atoms with E-state index in [2.05, 4.69) is 19.2 Å². The molecular formula is C55H109NO5. The van der Waals surface area contributed by atoms with Gasteiger partial charge in [0.2, 0.25) is 5.91 Å². The molecule has 0 aliphatic heterocycles. The zero-order valence-electron chi connectivity index (χ0n) is 41.4. The fraction of sp³-hybridized carbons (Fsp3) is 0.964. The molecule has 0 aromatic rings. The molecule has 0 bridgehead atoms. The molecule has 0 aliphatic carbocycles. The molecule has 0 spiro atoms. The Morgan fingerprint density at radius 1 is 0.393 bits per heavy atom. The Morgan fingerprint density at radius 2 is 0.672 bits per heavy atom. The summed E-state index contributed by atoms with van der Waals surface area (Å²) in [5.74, 6) is -0.0337. The number of carbonyl (C=O) groups is 2. The van der Waals surface area contributed by atoms with Crippen LogP contribution >= 0.6 is 0 Å². The molecule has 6 heteroatoms. The van der Waals surface area contributed by atoms with Crippen molar-refractivity contribution in [1.82, 2.24) is 5.32 Å². The average Bonchev–Trinajstić information content (AvgIpc) is 3.26. The summed E-state index contributed by atoms with van der Waals surface area (Å²) >= 11 is 0. The van der Waals surface area contributed by atoms with E-state index in [4.69, 9.17) is 4.74 Å². The molecule has 0 aromatic carbocycles. The number of esters is 1. The molecule has 364 valence electrons. The molecule has 0 saturated carbocycles. The number of ether oxygens (including phenoxy) is 1. The molecule has 0 heterocycles. The van der Waals surface area contributed by atoms with Crippen molar-refractivity contribution in [2.24, 2.45) is 0 Å². The van der Waals surface area contributed by atoms with Crippen molar-refractivity contribution in [2.75, 3.05) is 13.2 Å². The first-order chi connectivity index (χ1) is 30.0. The second-order valence-corrected chi connectivity index (χ2v) is 19.3. The number of hydrogen-bond acceptors (Lipinski definition) is 5. The summed E-state index contributed by atoms with van der Waals surface area (Å²) < 4.78 is 5.49. The van der Waals surface area contributed by atoms with Gasteiger partial charge in [0.05, 0.1) is 25.4 Å². The first-order valence-corrected chi connectivity index (χ1v) is 27.8. The molecule has 0 aliphatic rings. The maximum Gasteiger partial charge on any atom is 0.305 e. The number of aliphatic hydroxyl groups is 2. The van der Waals surface area contributed by atoms with E-state index < -0.39 is 12.1 Å². The van der Waals surface area contributed by atoms with Crippen molar-refractivity contribution in [3.8, 4) is 0 Å². The van der Waals surface area contributed by atoms with Crippen molar-refractivity contribution in [1.29, 1.82) is 0 Å². The Morgan fingerprint density at radius 3 is 1.00 bits per heavy atom. The highest BCUT2D eigenvalue weighted by Gasteiger charge is 2.20. The van der Waals surface area contributed by atoms with Gasteiger partial charge in [-0.25, -0.2) is 0 Å². The average molecular weight is 864 g/mol. The van der Waals surface area contributed by atoms with E-state index in [1.54, 1.807) is 0 Å². The molecule has 1 amide bonds. The van der Waals surface area contributed by atoms with E-state index in [0.29, 0.717) is 25.9 Å². The standard InChI is InChI=1S/C55H109NO5/c1-3-5-7-9-11-13-15-16-17-18-19-23-26-29-33-37-41-45-49-55(60)61-50-46-42-38-34-30-27-24-21-20-22-25-28-32-36-40-44-48-54(59)56-52(51-57)53(58)47-43-39-35-31-14-12-10-8-6-4-2/h52-53,57-58H,3-51H2,1-2H3,(H,56,59). The minimum atomic E-state index is -0.665. The van der Waals surface area contributed by atoms with Crippen LogP contribution in [0.1, 0.15) is 316 Å². The lowest BCUT2D eigenvalue weighted by Gasteiger charge is -2.22. The van der Waals surface area contributed by atoms with Crippen LogP contribution in [0.15, 0.2) is 0 Å². The fourth-order valence-corrected chi connectivity index (χ4v) is 8.88. The lowest BCUT2D eigenvalue weighted by molar-refractivity contribution is -0.143. The van der Waals surface area contributed by atoms with Crippen LogP contribution in [0.3, 0.4) is 0 Å². The van der Waals surface area contributed by atoms with Crippen molar-refractivity contribution in [3.63, 3.8) is 0 Å². The van der Waals surface area contributed by atoms with E-state index in [0.717, 1.165) is 38.5 Å². The fourth-order valence-electron chi connectivity index (χ4n) is 8.88. The summed E-state index contributed by atoms with van der Waals surface area (Å²) in [5, 5.41) is 23.1. The van der Waals surface area contributed by atoms with Gasteiger partial charge < -0.3 is 20.3 Å². The monoisotopic (exact) mass is 864 g/mol. The molecule has 0 aromatic heterocycles. The van der Waals surface area contributed by atoms with E-state index in [-0.39, 0.29) is 18.5 Å². The summed E-state index contributed by atoms with van der Waals surface area (Å²) in [5.41, 5.74) is 0. The van der Waals surface area contributed by atoms with Crippen LogP contribution in [0.4, 0.5) is 0 Å². The third-order valence-corrected chi connectivity index (χ3v) is 13.2. The quantitative estimate of drug-likeness (QED) is 0.0418. The van der Waals surface area contributed by atoms with Gasteiger partial charge in [-0.3, -0.25) is 9.59 Å². The summed E-state index contributed by atoms with van der Waals surface area (Å²) in [6, 6.07) is -0.543. The van der Waals surface area contributed by atoms with Crippen LogP contribution in [0.5, 0.6) is 0 Å². The second-order valence-electron chi connectivity index (χ2n) is 19.3. The Balaban J connectivity index is 3.36. The van der Waals surface area contributed by atoms with Crippen LogP contribution in [0.2, 0.25) is 0 Å². The number of amides is 1. The van der Waals surface area contributed by atoms with Crippen LogP contribution < -0.4 is 5.32 Å². The van der Waals surface area contributed by atoms with Gasteiger partial charge in [0, 0.05) is 12.8 Å². The highest BCUT2D eigenvalue weighted by atomic mass is 16.5. The Bertz CT molecular complexity index is 867. The maximum absolute atomic E-state index is 12.4. The van der Waals surface area contributed by atoms with E-state index in [1.165, 1.54) is 244 Å². The van der Waals surface area contributed by atoms with Gasteiger partial charge in [0.15, 0.2) is 0 Å². The van der Waals surface area contributed by atoms with Gasteiger partial charge in [-0.1, -0.05) is 277 Å². The van der Waals surface area contributed by atoms with E-state index >= 15 is 0 Å². The third-order valence-electron chi connectivity index (χ3n) is 13.2. The highest BCUT2D eigenvalue weighted by Crippen LogP contribution is 2.18. The van der Waals surface area contributed by atoms with Gasteiger partial charge in [-0.05, 0) is 25.7 Å². The first kappa shape index (κ1) is 59.9. The van der Waals surface area contributed by atoms with Gasteiger partial charge >= 0.3 is 5.97 Å². The Hall–Kier alpha value is -1.14. The van der Waals surface area contributed by atoms with Gasteiger partial charge in [0.25, 0.3) is 0 Å². The minimum Gasteiger partial charge on any atom is -0.466 e. The summed E-state index contributed by atoms with van der Waals surface area (Å²) in [4.78, 5) is 24.5. The summed E-state index contributed by atoms with van der Waals surface area (Å²) in [7, 11) is 0. The predicted molar refractivity (Wildman–Crippen MR) is 264 cm³/mol. The predicted octanol–water partition coefficient (Wildman–Crippen LogP) is 16.7. The van der Waals surface area contributed by atoms with Crippen molar-refractivity contribution < 1.29 is 24.5 Å². The number of carbonyl (C=O) groups excluding carboxylic acids is 2. The normalized spacial score (nSPS) is 12.5. The second kappa shape index (κ2) is 51.5. The number of unbranched alkanes of at least 4 members (excludes halogenated alkanes) is 41. The molecule has 0 rings (SSSR count). The zero-order chi connectivity index (χ0) is 44.4. The molecule has 0 radical (unpaired) electrons. The van der Waals surface area contributed by atoms with Crippen LogP contribution in [0, 0.1) is 0 Å². The van der Waals surface area contributed by atoms with Crippen molar-refractivity contribution in [2.45, 2.75) is 328 Å². The number of aliphatic hydroxyl groups excluding tert-OH is 2. The molecule has 0 saturated heterocycles. The van der Waals surface area contributed by atoms with Crippen LogP contribution in [-0.4, -0.2) is 47.4 Å². The molecule has 3 N–H and O–H groups in total. The van der Waals surface area contributed by atoms with Crippen LogP contribution in [0.25, 0.3) is 0 Å². The third kappa shape index (κ3) is 48.2. The van der Waals surface area contributed by atoms with Gasteiger partial charge in [0.1, 0.15) is 0 Å². The highest BCUT2D eigenvalue weighted by molar-refractivity contribution is 5.76. The zero-order valence-corrected chi connectivity index (χ0v) is 41.4. The largest absolute Gasteiger partial charge is 0.466 e. The van der Waals surface area contributed by atoms with E-state index in [9.17, 15) is 19.8 Å². The van der Waals surface area contributed by atoms with E-state index in [1.807, 2.05) is 0 Å². The van der Waals surface area contributed by atoms with Gasteiger partial charge in [-0.15, -0.1) is 0 Å². The lowest BCUT2D eigenvalue weighted by atomic mass is 10.0. The molecule has 6 nitrogen and oxygen atoms in total. The number of hydrogen-bond donors (Lipinski definition) is 3. The molecule has 2 unspecified atom stereocenters. The molecule has 0 fully saturated rings. The maximum atomic E-state index is 12.4. The SMILES string of the molecule is CCCCCCCCCCCCCCCCCCCCC(=O)OCCCCCCCCCCCCCCCCCCC(=O)NC(CO)C(O)CCCCCCCCCCCC. The minimum absolute atomic E-state index is 0.00804. The lowest BCUT2D eigenvalue weighted by Crippen LogP contribution is -2.45. The topological polar surface area (TPSA) is 95.9 Å². The molecular weight excluding hydrogens is 755 g/mol. The van der Waals surface area contributed by atoms with Crippen molar-refractivity contribution in [3.05, 3.63) is 0 Å². The summed E-state index contributed by atoms with van der Waals surface area (Å²) in [6.45, 7) is 4.95. The summed E-state index contributed by atoms with van der Waals surface area (Å²) in [6.07, 6.45) is 58.0. The first-order valence-electron chi connectivity index (χ1n) is 27.8. The molecule has 2 atom stereocenters. The molecule has 61 heavy (non-hydrogen) atoms. The van der Waals surface area contributed by atoms with Crippen LogP contribution in [-0.2, 0) is 14.3 Å². The number of nitrogens with one attached hydrogen (secondary N) is 1. The Kier molecular flexibility index (Phi) is 50.5. The Labute approximate surface area is 381 Å². The smallest absolute Gasteiger partial charge is 0.305 e. The van der Waals surface area contributed by atoms with Gasteiger partial charge in [-0.2, -0.15) is 0 Å². The van der Waals surface area contributed by atoms with Crippen molar-refractivity contribution >= 4 is 11.9 Å².